The van der Waals surface area contributed by atoms with Gasteiger partial charge in [-0.1, -0.05) is 35.9 Å². The molecule has 0 aliphatic rings. The van der Waals surface area contributed by atoms with Gasteiger partial charge < -0.3 is 5.32 Å². The molecule has 0 spiro atoms. The number of rotatable bonds is 6. The van der Waals surface area contributed by atoms with Gasteiger partial charge in [0.2, 0.25) is 15.9 Å². The lowest BCUT2D eigenvalue weighted by Crippen LogP contribution is -2.18. The first kappa shape index (κ1) is 22.7. The molecule has 4 aromatic rings. The first-order chi connectivity index (χ1) is 15.7. The molecule has 0 fully saturated rings. The van der Waals surface area contributed by atoms with Crippen molar-refractivity contribution >= 4 is 33.2 Å². The number of hydrogen-bond acceptors (Lipinski definition) is 5. The largest absolute Gasteiger partial charge is 0.326 e. The summed E-state index contributed by atoms with van der Waals surface area (Å²) in [5.74, 6) is -0.344. The number of hydrogen-bond donors (Lipinski definition) is 2. The Morgan fingerprint density at radius 1 is 1.15 bits per heavy atom. The van der Waals surface area contributed by atoms with Crippen LogP contribution >= 0.6 is 11.6 Å². The summed E-state index contributed by atoms with van der Waals surface area (Å²) in [6, 6.07) is 15.2. The molecule has 0 radical (unpaired) electrons. The van der Waals surface area contributed by atoms with Crippen LogP contribution in [0, 0.1) is 6.92 Å². The average Bonchev–Trinajstić information content (AvgIpc) is 3.25. The van der Waals surface area contributed by atoms with Gasteiger partial charge in [-0.25, -0.2) is 18.2 Å². The lowest BCUT2D eigenvalue weighted by molar-refractivity contribution is -0.115. The molecule has 2 aromatic heterocycles. The predicted octanol–water partition coefficient (Wildman–Crippen LogP) is 3.72. The molecule has 0 aliphatic carbocycles. The minimum Gasteiger partial charge on any atom is -0.326 e. The van der Waals surface area contributed by atoms with Crippen LogP contribution in [-0.4, -0.2) is 29.1 Å². The van der Waals surface area contributed by atoms with Gasteiger partial charge in [-0.2, -0.15) is 5.10 Å². The van der Waals surface area contributed by atoms with E-state index in [0.29, 0.717) is 10.6 Å². The molecule has 0 bridgehead atoms. The van der Waals surface area contributed by atoms with Crippen LogP contribution in [0.5, 0.6) is 0 Å². The van der Waals surface area contributed by atoms with Crippen molar-refractivity contribution in [3.63, 3.8) is 0 Å². The molecule has 2 aromatic carbocycles. The van der Waals surface area contributed by atoms with E-state index in [0.717, 1.165) is 16.8 Å². The SMILES string of the molecule is Cc1cccnc1-c1cnn(-c2ccc(NC(=O)Cc3ccccc3Cl)cc2S(N)(=O)=O)c1. The lowest BCUT2D eigenvalue weighted by Gasteiger charge is -2.12. The summed E-state index contributed by atoms with van der Waals surface area (Å²) in [5, 5.41) is 12.9. The first-order valence-corrected chi connectivity index (χ1v) is 11.8. The van der Waals surface area contributed by atoms with Crippen LogP contribution in [0.3, 0.4) is 0 Å². The number of amides is 1. The molecule has 0 saturated carbocycles. The third-order valence-electron chi connectivity index (χ3n) is 4.97. The normalized spacial score (nSPS) is 11.4. The zero-order chi connectivity index (χ0) is 23.6. The van der Waals surface area contributed by atoms with Crippen molar-refractivity contribution in [1.29, 1.82) is 0 Å². The number of carbonyl (C=O) groups is 1. The molecule has 0 atom stereocenters. The Kier molecular flexibility index (Phi) is 6.28. The Morgan fingerprint density at radius 3 is 2.67 bits per heavy atom. The van der Waals surface area contributed by atoms with E-state index in [1.54, 1.807) is 48.9 Å². The van der Waals surface area contributed by atoms with E-state index in [1.807, 2.05) is 19.1 Å². The second-order valence-corrected chi connectivity index (χ2v) is 9.32. The van der Waals surface area contributed by atoms with Gasteiger partial charge >= 0.3 is 0 Å². The van der Waals surface area contributed by atoms with Gasteiger partial charge in [-0.15, -0.1) is 0 Å². The fraction of sp³-hybridized carbons (Fsp3) is 0.0870. The lowest BCUT2D eigenvalue weighted by atomic mass is 10.1. The Bertz CT molecular complexity index is 1450. The number of aryl methyl sites for hydroxylation is 1. The van der Waals surface area contributed by atoms with Crippen LogP contribution in [-0.2, 0) is 21.2 Å². The van der Waals surface area contributed by atoms with Crippen LogP contribution in [0.1, 0.15) is 11.1 Å². The Morgan fingerprint density at radius 2 is 1.94 bits per heavy atom. The van der Waals surface area contributed by atoms with Gasteiger partial charge in [0.15, 0.2) is 0 Å². The summed E-state index contributed by atoms with van der Waals surface area (Å²) in [5.41, 5.74) is 3.62. The predicted molar refractivity (Wildman–Crippen MR) is 127 cm³/mol. The van der Waals surface area contributed by atoms with Crippen LogP contribution in [0.25, 0.3) is 16.9 Å². The van der Waals surface area contributed by atoms with E-state index in [9.17, 15) is 13.2 Å². The molecule has 0 saturated heterocycles. The number of carbonyl (C=O) groups excluding carboxylic acids is 1. The molecule has 2 heterocycles. The number of nitrogens with one attached hydrogen (secondary N) is 1. The van der Waals surface area contributed by atoms with Crippen LogP contribution in [0.4, 0.5) is 5.69 Å². The topological polar surface area (TPSA) is 120 Å². The second-order valence-electron chi connectivity index (χ2n) is 7.39. The Balaban J connectivity index is 1.64. The number of halogens is 1. The van der Waals surface area contributed by atoms with Gasteiger partial charge in [0, 0.05) is 28.7 Å². The van der Waals surface area contributed by atoms with E-state index in [4.69, 9.17) is 16.7 Å². The number of pyridine rings is 1. The number of benzene rings is 2. The molecule has 1 amide bonds. The quantitative estimate of drug-likeness (QED) is 0.434. The zero-order valence-electron chi connectivity index (χ0n) is 17.6. The maximum atomic E-state index is 12.5. The fourth-order valence-corrected chi connectivity index (χ4v) is 4.34. The Labute approximate surface area is 196 Å². The third-order valence-corrected chi connectivity index (χ3v) is 6.28. The monoisotopic (exact) mass is 481 g/mol. The minimum atomic E-state index is -4.12. The third kappa shape index (κ3) is 5.11. The van der Waals surface area contributed by atoms with Gasteiger partial charge in [-0.05, 0) is 48.4 Å². The smallest absolute Gasteiger partial charge is 0.240 e. The summed E-state index contributed by atoms with van der Waals surface area (Å²) in [4.78, 5) is 16.7. The highest BCUT2D eigenvalue weighted by Crippen LogP contribution is 2.26. The Hall–Kier alpha value is -3.53. The molecule has 3 N–H and O–H groups in total. The van der Waals surface area contributed by atoms with Crippen molar-refractivity contribution in [2.24, 2.45) is 5.14 Å². The standard InChI is InChI=1S/C23H20ClN5O3S/c1-15-5-4-10-26-23(15)17-13-27-29(14-17)20-9-8-18(12-21(20)33(25,31)32)28-22(30)11-16-6-2-3-7-19(16)24/h2-10,12-14H,11H2,1H3,(H,28,30)(H2,25,31,32). The molecule has 10 heteroatoms. The van der Waals surface area contributed by atoms with Crippen molar-refractivity contribution < 1.29 is 13.2 Å². The molecule has 4 rings (SSSR count). The van der Waals surface area contributed by atoms with E-state index >= 15 is 0 Å². The van der Waals surface area contributed by atoms with E-state index in [1.165, 1.54) is 16.8 Å². The van der Waals surface area contributed by atoms with Crippen molar-refractivity contribution in [2.75, 3.05) is 5.32 Å². The highest BCUT2D eigenvalue weighted by atomic mass is 35.5. The number of sulfonamides is 1. The van der Waals surface area contributed by atoms with Crippen molar-refractivity contribution in [1.82, 2.24) is 14.8 Å². The number of primary sulfonamides is 1. The van der Waals surface area contributed by atoms with Crippen molar-refractivity contribution in [3.8, 4) is 16.9 Å². The molecule has 0 aliphatic heterocycles. The number of aromatic nitrogens is 3. The maximum absolute atomic E-state index is 12.5. The number of nitrogens with zero attached hydrogens (tertiary/aromatic N) is 3. The zero-order valence-corrected chi connectivity index (χ0v) is 19.1. The van der Waals surface area contributed by atoms with Gasteiger partial charge in [-0.3, -0.25) is 9.78 Å². The van der Waals surface area contributed by atoms with Crippen LogP contribution in [0.2, 0.25) is 5.02 Å². The highest BCUT2D eigenvalue weighted by Gasteiger charge is 2.19. The first-order valence-electron chi connectivity index (χ1n) is 9.89. The van der Waals surface area contributed by atoms with E-state index in [-0.39, 0.29) is 28.6 Å². The van der Waals surface area contributed by atoms with Crippen LogP contribution in [0.15, 0.2) is 78.1 Å². The van der Waals surface area contributed by atoms with Gasteiger partial charge in [0.05, 0.1) is 24.0 Å². The van der Waals surface area contributed by atoms with E-state index in [2.05, 4.69) is 15.4 Å². The summed E-state index contributed by atoms with van der Waals surface area (Å²) in [6.07, 6.45) is 4.99. The summed E-state index contributed by atoms with van der Waals surface area (Å²) in [7, 11) is -4.12. The average molecular weight is 482 g/mol. The molecule has 33 heavy (non-hydrogen) atoms. The van der Waals surface area contributed by atoms with Gasteiger partial charge in [0.25, 0.3) is 0 Å². The van der Waals surface area contributed by atoms with Crippen molar-refractivity contribution in [3.05, 3.63) is 89.3 Å². The molecule has 0 unspecified atom stereocenters. The molecular formula is C23H20ClN5O3S. The van der Waals surface area contributed by atoms with Crippen molar-refractivity contribution in [2.45, 2.75) is 18.2 Å². The maximum Gasteiger partial charge on any atom is 0.240 e. The second kappa shape index (κ2) is 9.14. The number of anilines is 1. The fourth-order valence-electron chi connectivity index (χ4n) is 3.39. The number of nitrogens with two attached hydrogens (primary N) is 1. The van der Waals surface area contributed by atoms with Crippen LogP contribution < -0.4 is 10.5 Å². The van der Waals surface area contributed by atoms with E-state index < -0.39 is 10.0 Å². The molecule has 168 valence electrons. The summed E-state index contributed by atoms with van der Waals surface area (Å²) in [6.45, 7) is 1.93. The van der Waals surface area contributed by atoms with Gasteiger partial charge in [0.1, 0.15) is 4.90 Å². The molecule has 8 nitrogen and oxygen atoms in total. The summed E-state index contributed by atoms with van der Waals surface area (Å²) < 4.78 is 26.1. The summed E-state index contributed by atoms with van der Waals surface area (Å²) >= 11 is 6.11. The highest BCUT2D eigenvalue weighted by molar-refractivity contribution is 7.89. The minimum absolute atomic E-state index is 0.0398. The molecular weight excluding hydrogens is 462 g/mol.